The van der Waals surface area contributed by atoms with Crippen LogP contribution < -0.4 is 4.74 Å². The molecule has 0 radical (unpaired) electrons. The van der Waals surface area contributed by atoms with Crippen molar-refractivity contribution in [3.63, 3.8) is 0 Å². The van der Waals surface area contributed by atoms with Crippen molar-refractivity contribution in [3.05, 3.63) is 64.5 Å². The zero-order valence-corrected chi connectivity index (χ0v) is 14.0. The van der Waals surface area contributed by atoms with Gasteiger partial charge in [-0.25, -0.2) is 9.97 Å². The minimum atomic E-state index is -0.453. The number of carbonyl (C=O) groups is 1. The Morgan fingerprint density at radius 2 is 1.85 bits per heavy atom. The molecule has 0 aliphatic carbocycles. The van der Waals surface area contributed by atoms with Crippen LogP contribution in [0.1, 0.15) is 18.4 Å². The lowest BCUT2D eigenvalue weighted by atomic mass is 10.1. The van der Waals surface area contributed by atoms with Crippen LogP contribution in [0, 0.1) is 10.1 Å². The zero-order valence-electron chi connectivity index (χ0n) is 14.0. The molecule has 1 fully saturated rings. The highest BCUT2D eigenvalue weighted by Crippen LogP contribution is 2.17. The highest BCUT2D eigenvalue weighted by Gasteiger charge is 2.23. The Bertz CT molecular complexity index is 785. The van der Waals surface area contributed by atoms with Crippen molar-refractivity contribution in [1.29, 1.82) is 0 Å². The van der Waals surface area contributed by atoms with Gasteiger partial charge in [0, 0.05) is 56.5 Å². The van der Waals surface area contributed by atoms with Gasteiger partial charge in [-0.15, -0.1) is 0 Å². The van der Waals surface area contributed by atoms with Crippen molar-refractivity contribution in [2.45, 2.75) is 18.9 Å². The van der Waals surface area contributed by atoms with E-state index in [0.29, 0.717) is 19.1 Å². The molecule has 2 aromatic rings. The fourth-order valence-electron chi connectivity index (χ4n) is 2.67. The van der Waals surface area contributed by atoms with Crippen LogP contribution in [0.3, 0.4) is 0 Å². The average molecular weight is 354 g/mol. The predicted octanol–water partition coefficient (Wildman–Crippen LogP) is 2.47. The third kappa shape index (κ3) is 4.62. The van der Waals surface area contributed by atoms with Crippen LogP contribution in [0.15, 0.2) is 48.8 Å². The van der Waals surface area contributed by atoms with Gasteiger partial charge < -0.3 is 9.64 Å². The largest absolute Gasteiger partial charge is 0.460 e. The number of rotatable bonds is 5. The molecule has 1 aliphatic heterocycles. The molecular weight excluding hydrogens is 336 g/mol. The molecule has 3 rings (SSSR count). The lowest BCUT2D eigenvalue weighted by molar-refractivity contribution is -0.384. The van der Waals surface area contributed by atoms with Gasteiger partial charge in [-0.2, -0.15) is 0 Å². The molecule has 0 saturated carbocycles. The molecule has 1 aliphatic rings. The monoisotopic (exact) mass is 354 g/mol. The lowest BCUT2D eigenvalue weighted by Crippen LogP contribution is -2.41. The molecule has 1 amide bonds. The fourth-order valence-corrected chi connectivity index (χ4v) is 2.67. The summed E-state index contributed by atoms with van der Waals surface area (Å²) in [4.78, 5) is 32.3. The number of benzene rings is 1. The Morgan fingerprint density at radius 3 is 2.46 bits per heavy atom. The van der Waals surface area contributed by atoms with Crippen LogP contribution in [0.5, 0.6) is 6.01 Å². The number of aromatic nitrogens is 2. The number of piperidine rings is 1. The Labute approximate surface area is 150 Å². The number of likely N-dealkylation sites (tertiary alicyclic amines) is 1. The maximum atomic E-state index is 12.3. The summed E-state index contributed by atoms with van der Waals surface area (Å²) >= 11 is 0. The van der Waals surface area contributed by atoms with Gasteiger partial charge in [0.05, 0.1) is 4.92 Å². The van der Waals surface area contributed by atoms with Gasteiger partial charge in [-0.3, -0.25) is 14.9 Å². The van der Waals surface area contributed by atoms with Crippen LogP contribution in [-0.2, 0) is 4.79 Å². The van der Waals surface area contributed by atoms with E-state index in [1.807, 2.05) is 0 Å². The first-order valence-corrected chi connectivity index (χ1v) is 8.27. The number of hydrogen-bond donors (Lipinski definition) is 0. The lowest BCUT2D eigenvalue weighted by Gasteiger charge is -2.30. The topological polar surface area (TPSA) is 98.5 Å². The summed E-state index contributed by atoms with van der Waals surface area (Å²) < 4.78 is 5.71. The van der Waals surface area contributed by atoms with Crippen LogP contribution in [0.4, 0.5) is 5.69 Å². The first kappa shape index (κ1) is 17.5. The van der Waals surface area contributed by atoms with Crippen molar-refractivity contribution in [3.8, 4) is 6.01 Å². The van der Waals surface area contributed by atoms with Crippen molar-refractivity contribution in [2.75, 3.05) is 13.1 Å². The standard InChI is InChI=1S/C18H18N4O4/c23-17(7-4-14-2-5-15(6-3-14)22(24)25)21-12-8-16(9-13-21)26-18-19-10-1-11-20-18/h1-7,10-11,16H,8-9,12-13H2/b7-4+. The first-order valence-electron chi connectivity index (χ1n) is 8.27. The van der Waals surface area contributed by atoms with E-state index in [-0.39, 0.29) is 17.7 Å². The van der Waals surface area contributed by atoms with Gasteiger partial charge in [0.15, 0.2) is 0 Å². The number of nitro groups is 1. The number of nitrogens with zero attached hydrogens (tertiary/aromatic N) is 4. The normalized spacial score (nSPS) is 15.2. The molecule has 134 valence electrons. The highest BCUT2D eigenvalue weighted by molar-refractivity contribution is 5.91. The van der Waals surface area contributed by atoms with E-state index < -0.39 is 4.92 Å². The maximum absolute atomic E-state index is 12.3. The molecule has 8 heteroatoms. The Morgan fingerprint density at radius 1 is 1.19 bits per heavy atom. The smallest absolute Gasteiger partial charge is 0.316 e. The number of nitro benzene ring substituents is 1. The Kier molecular flexibility index (Phi) is 5.52. The summed E-state index contributed by atoms with van der Waals surface area (Å²) in [6.45, 7) is 1.20. The molecule has 1 aromatic carbocycles. The van der Waals surface area contributed by atoms with E-state index in [1.54, 1.807) is 41.6 Å². The van der Waals surface area contributed by atoms with E-state index in [4.69, 9.17) is 4.74 Å². The molecule has 0 N–H and O–H groups in total. The summed E-state index contributed by atoms with van der Waals surface area (Å²) in [5.41, 5.74) is 0.765. The third-order valence-electron chi connectivity index (χ3n) is 4.09. The SMILES string of the molecule is O=C(/C=C/c1ccc([N+](=O)[O-])cc1)N1CCC(Oc2ncccn2)CC1. The molecule has 26 heavy (non-hydrogen) atoms. The average Bonchev–Trinajstić information content (AvgIpc) is 2.68. The van der Waals surface area contributed by atoms with Crippen LogP contribution in [-0.4, -0.2) is 44.9 Å². The quantitative estimate of drug-likeness (QED) is 0.465. The molecule has 0 atom stereocenters. The van der Waals surface area contributed by atoms with Gasteiger partial charge in [-0.1, -0.05) is 0 Å². The summed E-state index contributed by atoms with van der Waals surface area (Å²) in [5.74, 6) is -0.0854. The minimum Gasteiger partial charge on any atom is -0.460 e. The molecule has 8 nitrogen and oxygen atoms in total. The van der Waals surface area contributed by atoms with Crippen molar-refractivity contribution < 1.29 is 14.5 Å². The highest BCUT2D eigenvalue weighted by atomic mass is 16.6. The van der Waals surface area contributed by atoms with E-state index in [2.05, 4.69) is 9.97 Å². The summed E-state index contributed by atoms with van der Waals surface area (Å²) in [5, 5.41) is 10.6. The van der Waals surface area contributed by atoms with Crippen LogP contribution in [0.2, 0.25) is 0 Å². The third-order valence-corrected chi connectivity index (χ3v) is 4.09. The van der Waals surface area contributed by atoms with Crippen molar-refractivity contribution in [2.24, 2.45) is 0 Å². The number of carbonyl (C=O) groups excluding carboxylic acids is 1. The van der Waals surface area contributed by atoms with E-state index >= 15 is 0 Å². The second-order valence-electron chi connectivity index (χ2n) is 5.86. The van der Waals surface area contributed by atoms with Crippen molar-refractivity contribution >= 4 is 17.7 Å². The second-order valence-corrected chi connectivity index (χ2v) is 5.86. The van der Waals surface area contributed by atoms with Crippen LogP contribution in [0.25, 0.3) is 6.08 Å². The van der Waals surface area contributed by atoms with Gasteiger partial charge in [0.25, 0.3) is 5.69 Å². The fraction of sp³-hybridized carbons (Fsp3) is 0.278. The Hall–Kier alpha value is -3.29. The van der Waals surface area contributed by atoms with Gasteiger partial charge in [0.2, 0.25) is 5.91 Å². The van der Waals surface area contributed by atoms with Crippen molar-refractivity contribution in [1.82, 2.24) is 14.9 Å². The molecule has 0 unspecified atom stereocenters. The minimum absolute atomic E-state index is 0.0000945. The Balaban J connectivity index is 1.49. The zero-order chi connectivity index (χ0) is 18.4. The van der Waals surface area contributed by atoms with Gasteiger partial charge in [0.1, 0.15) is 6.10 Å². The molecule has 2 heterocycles. The van der Waals surface area contributed by atoms with E-state index in [1.165, 1.54) is 18.2 Å². The summed E-state index contributed by atoms with van der Waals surface area (Å²) in [7, 11) is 0. The molecule has 0 bridgehead atoms. The summed E-state index contributed by atoms with van der Waals surface area (Å²) in [6.07, 6.45) is 7.84. The number of ether oxygens (including phenoxy) is 1. The predicted molar refractivity (Wildman–Crippen MR) is 94.4 cm³/mol. The number of amides is 1. The molecular formula is C18H18N4O4. The first-order chi connectivity index (χ1) is 12.6. The molecule has 0 spiro atoms. The van der Waals surface area contributed by atoms with E-state index in [9.17, 15) is 14.9 Å². The molecule has 1 aromatic heterocycles. The summed E-state index contributed by atoms with van der Waals surface area (Å²) in [6, 6.07) is 8.14. The van der Waals surface area contributed by atoms with Gasteiger partial charge >= 0.3 is 6.01 Å². The molecule has 1 saturated heterocycles. The van der Waals surface area contributed by atoms with Crippen LogP contribution >= 0.6 is 0 Å². The van der Waals surface area contributed by atoms with Gasteiger partial charge in [-0.05, 0) is 29.8 Å². The number of non-ortho nitro benzene ring substituents is 1. The maximum Gasteiger partial charge on any atom is 0.316 e. The van der Waals surface area contributed by atoms with E-state index in [0.717, 1.165) is 18.4 Å². The number of hydrogen-bond acceptors (Lipinski definition) is 6. The second kappa shape index (κ2) is 8.19.